The highest BCUT2D eigenvalue weighted by Gasteiger charge is 2.57. The third-order valence-electron chi connectivity index (χ3n) is 5.47. The first-order valence-electron chi connectivity index (χ1n) is 9.97. The number of nitrogens with one attached hydrogen (secondary N) is 3. The Morgan fingerprint density at radius 2 is 1.78 bits per heavy atom. The van der Waals surface area contributed by atoms with Gasteiger partial charge in [0.2, 0.25) is 5.91 Å². The topological polar surface area (TPSA) is 73.5 Å². The Labute approximate surface area is 187 Å². The number of benzene rings is 2. The summed E-state index contributed by atoms with van der Waals surface area (Å²) in [7, 11) is 0. The van der Waals surface area contributed by atoms with Gasteiger partial charge in [0.15, 0.2) is 0 Å². The predicted molar refractivity (Wildman–Crippen MR) is 114 cm³/mol. The van der Waals surface area contributed by atoms with Crippen molar-refractivity contribution in [3.8, 4) is 0 Å². The molecule has 2 heterocycles. The highest BCUT2D eigenvalue weighted by Crippen LogP contribution is 2.41. The molecule has 2 aromatic rings. The smallest absolute Gasteiger partial charge is 0.363 e. The Hall–Kier alpha value is -3.04. The van der Waals surface area contributed by atoms with E-state index in [2.05, 4.69) is 16.1 Å². The molecular formula is C22H20ClF3N4O2. The van der Waals surface area contributed by atoms with Gasteiger partial charge in [0.1, 0.15) is 12.2 Å². The second-order valence-electron chi connectivity index (χ2n) is 7.56. The molecule has 2 aliphatic heterocycles. The van der Waals surface area contributed by atoms with E-state index in [1.54, 1.807) is 31.2 Å². The highest BCUT2D eigenvalue weighted by molar-refractivity contribution is 6.30. The lowest BCUT2D eigenvalue weighted by Gasteiger charge is -2.33. The summed E-state index contributed by atoms with van der Waals surface area (Å²) in [5, 5.41) is 7.19. The Morgan fingerprint density at radius 3 is 2.38 bits per heavy atom. The van der Waals surface area contributed by atoms with Gasteiger partial charge < -0.3 is 10.6 Å². The molecule has 2 aliphatic rings. The van der Waals surface area contributed by atoms with E-state index in [-0.39, 0.29) is 5.91 Å². The summed E-state index contributed by atoms with van der Waals surface area (Å²) in [6.45, 7) is 1.73. The monoisotopic (exact) mass is 464 g/mol. The fourth-order valence-electron chi connectivity index (χ4n) is 3.89. The number of hydrogen-bond acceptors (Lipinski definition) is 4. The molecular weight excluding hydrogens is 445 g/mol. The molecule has 10 heteroatoms. The Balaban J connectivity index is 1.64. The molecule has 2 amide bonds. The van der Waals surface area contributed by atoms with Crippen molar-refractivity contribution < 1.29 is 22.8 Å². The molecule has 3 unspecified atom stereocenters. The molecule has 2 aromatic carbocycles. The predicted octanol–water partition coefficient (Wildman–Crippen LogP) is 4.02. The van der Waals surface area contributed by atoms with Crippen LogP contribution in [0.4, 0.5) is 18.9 Å². The van der Waals surface area contributed by atoms with Crippen molar-refractivity contribution in [2.75, 3.05) is 5.32 Å². The second kappa shape index (κ2) is 8.48. The maximum absolute atomic E-state index is 13.8. The first kappa shape index (κ1) is 22.2. The zero-order chi connectivity index (χ0) is 23.0. The van der Waals surface area contributed by atoms with Crippen molar-refractivity contribution in [3.63, 3.8) is 0 Å². The summed E-state index contributed by atoms with van der Waals surface area (Å²) < 4.78 is 41.5. The molecule has 4 rings (SSSR count). The molecule has 0 saturated carbocycles. The number of carbonyl (C=O) groups excluding carboxylic acids is 2. The van der Waals surface area contributed by atoms with Crippen molar-refractivity contribution in [1.29, 1.82) is 0 Å². The normalized spacial score (nSPS) is 22.8. The molecule has 0 aliphatic carbocycles. The third-order valence-corrected chi connectivity index (χ3v) is 5.72. The van der Waals surface area contributed by atoms with Crippen LogP contribution < -0.4 is 16.1 Å². The number of hydrazine groups is 1. The summed E-state index contributed by atoms with van der Waals surface area (Å²) in [5.74, 6) is -1.82. The Morgan fingerprint density at radius 1 is 1.12 bits per heavy atom. The van der Waals surface area contributed by atoms with Crippen molar-refractivity contribution in [3.05, 3.63) is 70.8 Å². The Bertz CT molecular complexity index is 1050. The van der Waals surface area contributed by atoms with Crippen LogP contribution in [0.25, 0.3) is 5.70 Å². The van der Waals surface area contributed by atoms with Gasteiger partial charge in [0.25, 0.3) is 5.91 Å². The molecule has 6 nitrogen and oxygen atoms in total. The zero-order valence-electron chi connectivity index (χ0n) is 16.9. The summed E-state index contributed by atoms with van der Waals surface area (Å²) >= 11 is 5.91. The fourth-order valence-corrected chi connectivity index (χ4v) is 4.01. The van der Waals surface area contributed by atoms with Crippen LogP contribution in [0.3, 0.4) is 0 Å². The highest BCUT2D eigenvalue weighted by atomic mass is 35.5. The lowest BCUT2D eigenvalue weighted by Crippen LogP contribution is -2.53. The van der Waals surface area contributed by atoms with Crippen molar-refractivity contribution in [2.45, 2.75) is 37.6 Å². The number of alkyl halides is 3. The summed E-state index contributed by atoms with van der Waals surface area (Å²) in [4.78, 5) is 24.3. The number of carbonyl (C=O) groups is 2. The van der Waals surface area contributed by atoms with Crippen LogP contribution in [0.5, 0.6) is 0 Å². The van der Waals surface area contributed by atoms with Crippen molar-refractivity contribution in [2.24, 2.45) is 0 Å². The van der Waals surface area contributed by atoms with Gasteiger partial charge in [-0.15, -0.1) is 0 Å². The van der Waals surface area contributed by atoms with E-state index in [4.69, 9.17) is 11.6 Å². The van der Waals surface area contributed by atoms with Gasteiger partial charge >= 0.3 is 6.18 Å². The minimum atomic E-state index is -4.58. The minimum Gasteiger partial charge on any atom is -0.363 e. The van der Waals surface area contributed by atoms with Crippen molar-refractivity contribution in [1.82, 2.24) is 15.8 Å². The number of fused-ring (bicyclic) bond motifs is 1. The molecule has 3 atom stereocenters. The van der Waals surface area contributed by atoms with Crippen LogP contribution in [0.2, 0.25) is 5.02 Å². The minimum absolute atomic E-state index is 0.139. The summed E-state index contributed by atoms with van der Waals surface area (Å²) in [6.07, 6.45) is -3.96. The van der Waals surface area contributed by atoms with E-state index < -0.39 is 30.2 Å². The number of amides is 2. The number of halogens is 4. The molecule has 32 heavy (non-hydrogen) atoms. The van der Waals surface area contributed by atoms with Crippen LogP contribution in [0.15, 0.2) is 54.6 Å². The molecule has 3 N–H and O–H groups in total. The molecule has 0 spiro atoms. The van der Waals surface area contributed by atoms with E-state index in [1.165, 1.54) is 30.3 Å². The maximum atomic E-state index is 13.8. The van der Waals surface area contributed by atoms with Crippen LogP contribution in [0, 0.1) is 0 Å². The average Bonchev–Trinajstić information content (AvgIpc) is 3.15. The number of nitrogens with zero attached hydrogens (tertiary/aromatic N) is 1. The molecule has 0 bridgehead atoms. The zero-order valence-corrected chi connectivity index (χ0v) is 17.7. The Kier molecular flexibility index (Phi) is 5.87. The maximum Gasteiger partial charge on any atom is 0.406 e. The largest absolute Gasteiger partial charge is 0.406 e. The van der Waals surface area contributed by atoms with Crippen LogP contribution in [0.1, 0.15) is 30.4 Å². The number of anilines is 1. The van der Waals surface area contributed by atoms with Gasteiger partial charge in [-0.05, 0) is 35.4 Å². The summed E-state index contributed by atoms with van der Waals surface area (Å²) in [6, 6.07) is 10.9. The lowest BCUT2D eigenvalue weighted by atomic mass is 9.89. The van der Waals surface area contributed by atoms with E-state index >= 15 is 0 Å². The first-order valence-corrected chi connectivity index (χ1v) is 10.3. The van der Waals surface area contributed by atoms with Gasteiger partial charge in [-0.2, -0.15) is 13.2 Å². The SMILES string of the molecule is CCC(=O)Nc1ccc(C2=CC(=O)N3NC(C(F)(F)F)C(c4ccc(Cl)cc4)C3N2)cc1. The van der Waals surface area contributed by atoms with Gasteiger partial charge in [0.05, 0.1) is 5.92 Å². The van der Waals surface area contributed by atoms with Gasteiger partial charge in [0, 0.05) is 28.9 Å². The lowest BCUT2D eigenvalue weighted by molar-refractivity contribution is -0.161. The molecule has 168 valence electrons. The number of hydrogen-bond donors (Lipinski definition) is 3. The second-order valence-corrected chi connectivity index (χ2v) is 8.00. The summed E-state index contributed by atoms with van der Waals surface area (Å²) in [5.41, 5.74) is 4.32. The van der Waals surface area contributed by atoms with Crippen LogP contribution in [-0.4, -0.2) is 35.2 Å². The fraction of sp³-hybridized carbons (Fsp3) is 0.273. The standard InChI is InChI=1S/C22H20ClF3N4O2/c1-2-17(31)27-15-9-5-12(6-10-15)16-11-18(32)30-21(28-16)19(20(29-30)22(24,25)26)13-3-7-14(23)8-4-13/h3-11,19-21,28-29H,2H2,1H3,(H,27,31). The molecule has 0 aromatic heterocycles. The van der Waals surface area contributed by atoms with E-state index in [1.807, 2.05) is 0 Å². The average molecular weight is 465 g/mol. The van der Waals surface area contributed by atoms with Crippen LogP contribution >= 0.6 is 11.6 Å². The van der Waals surface area contributed by atoms with Crippen molar-refractivity contribution >= 4 is 34.8 Å². The molecule has 0 radical (unpaired) electrons. The van der Waals surface area contributed by atoms with Gasteiger partial charge in [-0.25, -0.2) is 5.43 Å². The van der Waals surface area contributed by atoms with Crippen LogP contribution in [-0.2, 0) is 9.59 Å². The van der Waals surface area contributed by atoms with E-state index in [0.717, 1.165) is 5.01 Å². The quantitative estimate of drug-likeness (QED) is 0.639. The first-order chi connectivity index (χ1) is 15.2. The number of rotatable bonds is 4. The third kappa shape index (κ3) is 4.31. The molecule has 1 saturated heterocycles. The van der Waals surface area contributed by atoms with E-state index in [9.17, 15) is 22.8 Å². The van der Waals surface area contributed by atoms with Gasteiger partial charge in [-0.1, -0.05) is 42.8 Å². The van der Waals surface area contributed by atoms with Gasteiger partial charge in [-0.3, -0.25) is 14.6 Å². The molecule has 1 fully saturated rings. The van der Waals surface area contributed by atoms with E-state index in [0.29, 0.717) is 34.0 Å².